The zero-order chi connectivity index (χ0) is 12.5. The molecule has 0 amide bonds. The molecule has 17 heavy (non-hydrogen) atoms. The van der Waals surface area contributed by atoms with Crippen molar-refractivity contribution in [2.45, 2.75) is 6.18 Å². The lowest BCUT2D eigenvalue weighted by Gasteiger charge is -2.11. The summed E-state index contributed by atoms with van der Waals surface area (Å²) in [6.45, 7) is 0. The van der Waals surface area contributed by atoms with E-state index in [1.807, 2.05) is 0 Å². The second kappa shape index (κ2) is 4.08. The van der Waals surface area contributed by atoms with E-state index < -0.39 is 11.7 Å². The largest absolute Gasteiger partial charge is 0.507 e. The molecule has 0 bridgehead atoms. The zero-order valence-electron chi connectivity index (χ0n) is 8.49. The maximum atomic E-state index is 12.7. The summed E-state index contributed by atoms with van der Waals surface area (Å²) in [5.74, 6) is -0.221. The molecule has 0 saturated carbocycles. The average molecular weight is 238 g/mol. The molecule has 1 aromatic heterocycles. The topological polar surface area (TPSA) is 33.1 Å². The summed E-state index contributed by atoms with van der Waals surface area (Å²) in [6.07, 6.45) is -3.20. The number of hydrogen-bond acceptors (Lipinski definition) is 2. The Bertz CT molecular complexity index is 537. The van der Waals surface area contributed by atoms with E-state index in [4.69, 9.17) is 0 Å². The Balaban J connectivity index is 2.60. The highest BCUT2D eigenvalue weighted by atomic mass is 19.4. The molecule has 2 nitrogen and oxygen atoms in total. The number of benzene rings is 1. The van der Waals surface area contributed by atoms with Crippen LogP contribution in [0.1, 0.15) is 5.56 Å². The van der Waals surface area contributed by atoms with Crippen molar-refractivity contribution in [1.82, 2.24) is 4.98 Å². The number of hydrogen-bond donors (Lipinski definition) is 1. The first-order chi connectivity index (χ1) is 7.98. The lowest BCUT2D eigenvalue weighted by Crippen LogP contribution is -2.08. The molecule has 1 radical (unpaired) electrons. The molecular weight excluding hydrogens is 231 g/mol. The highest BCUT2D eigenvalue weighted by Crippen LogP contribution is 2.36. The van der Waals surface area contributed by atoms with Gasteiger partial charge in [-0.3, -0.25) is 4.98 Å². The summed E-state index contributed by atoms with van der Waals surface area (Å²) in [5.41, 5.74) is -0.830. The van der Waals surface area contributed by atoms with Crippen molar-refractivity contribution >= 4 is 0 Å². The fraction of sp³-hybridized carbons (Fsp3) is 0.0833. The van der Waals surface area contributed by atoms with Crippen LogP contribution in [0.25, 0.3) is 11.3 Å². The third-order valence-electron chi connectivity index (χ3n) is 2.17. The third-order valence-corrected chi connectivity index (χ3v) is 2.17. The van der Waals surface area contributed by atoms with Crippen LogP contribution in [0.3, 0.4) is 0 Å². The monoisotopic (exact) mass is 238 g/mol. The molecule has 0 unspecified atom stereocenters. The van der Waals surface area contributed by atoms with Gasteiger partial charge in [0.25, 0.3) is 0 Å². The average Bonchev–Trinajstić information content (AvgIpc) is 2.28. The summed E-state index contributed by atoms with van der Waals surface area (Å²) in [4.78, 5) is 3.71. The van der Waals surface area contributed by atoms with Crippen LogP contribution >= 0.6 is 0 Å². The Morgan fingerprint density at radius 2 is 2.00 bits per heavy atom. The van der Waals surface area contributed by atoms with Crippen molar-refractivity contribution in [3.63, 3.8) is 0 Å². The first-order valence-corrected chi connectivity index (χ1v) is 4.72. The number of nitrogens with zero attached hydrogens (tertiary/aromatic N) is 1. The van der Waals surface area contributed by atoms with Crippen LogP contribution in [0.5, 0.6) is 5.75 Å². The lowest BCUT2D eigenvalue weighted by atomic mass is 10.1. The number of alkyl halides is 3. The Labute approximate surface area is 95.4 Å². The first kappa shape index (κ1) is 11.4. The second-order valence-electron chi connectivity index (χ2n) is 3.36. The van der Waals surface area contributed by atoms with Gasteiger partial charge in [-0.2, -0.15) is 13.2 Å². The summed E-state index contributed by atoms with van der Waals surface area (Å²) in [7, 11) is 0. The van der Waals surface area contributed by atoms with Gasteiger partial charge in [0.05, 0.1) is 11.3 Å². The van der Waals surface area contributed by atoms with E-state index in [9.17, 15) is 18.3 Å². The third kappa shape index (κ3) is 2.38. The van der Waals surface area contributed by atoms with Crippen LogP contribution in [0.2, 0.25) is 0 Å². The fourth-order valence-electron chi connectivity index (χ4n) is 1.47. The van der Waals surface area contributed by atoms with Gasteiger partial charge in [-0.1, -0.05) is 6.07 Å². The molecule has 0 fully saturated rings. The minimum Gasteiger partial charge on any atom is -0.507 e. The highest BCUT2D eigenvalue weighted by Gasteiger charge is 2.34. The van der Waals surface area contributed by atoms with Gasteiger partial charge in [0, 0.05) is 17.8 Å². The van der Waals surface area contributed by atoms with Crippen molar-refractivity contribution in [2.24, 2.45) is 0 Å². The molecule has 0 atom stereocenters. The summed E-state index contributed by atoms with van der Waals surface area (Å²) in [6, 6.07) is 8.58. The second-order valence-corrected chi connectivity index (χ2v) is 3.36. The predicted molar refractivity (Wildman–Crippen MR) is 55.2 cm³/mol. The van der Waals surface area contributed by atoms with Crippen molar-refractivity contribution in [1.29, 1.82) is 0 Å². The number of phenols is 1. The van der Waals surface area contributed by atoms with Crippen molar-refractivity contribution < 1.29 is 18.3 Å². The van der Waals surface area contributed by atoms with E-state index in [1.165, 1.54) is 30.5 Å². The Morgan fingerprint density at radius 3 is 2.65 bits per heavy atom. The van der Waals surface area contributed by atoms with Crippen molar-refractivity contribution in [3.8, 4) is 17.0 Å². The molecule has 87 valence electrons. The van der Waals surface area contributed by atoms with Crippen LogP contribution < -0.4 is 0 Å². The van der Waals surface area contributed by atoms with Gasteiger partial charge >= 0.3 is 6.18 Å². The Kier molecular flexibility index (Phi) is 2.75. The van der Waals surface area contributed by atoms with Crippen molar-refractivity contribution in [3.05, 3.63) is 48.2 Å². The molecule has 0 aliphatic heterocycles. The molecule has 1 heterocycles. The molecule has 1 aromatic carbocycles. The fourth-order valence-corrected chi connectivity index (χ4v) is 1.47. The first-order valence-electron chi connectivity index (χ1n) is 4.72. The normalized spacial score (nSPS) is 11.5. The zero-order valence-corrected chi connectivity index (χ0v) is 8.49. The summed E-state index contributed by atoms with van der Waals surface area (Å²) < 4.78 is 38.2. The quantitative estimate of drug-likeness (QED) is 0.827. The molecule has 2 rings (SSSR count). The molecule has 0 saturated heterocycles. The van der Waals surface area contributed by atoms with Gasteiger partial charge in [0.15, 0.2) is 0 Å². The van der Waals surface area contributed by atoms with Gasteiger partial charge in [-0.05, 0) is 24.3 Å². The van der Waals surface area contributed by atoms with E-state index >= 15 is 0 Å². The van der Waals surface area contributed by atoms with Gasteiger partial charge in [-0.25, -0.2) is 0 Å². The van der Waals surface area contributed by atoms with Crippen LogP contribution in [0, 0.1) is 6.07 Å². The Morgan fingerprint density at radius 1 is 1.24 bits per heavy atom. The summed E-state index contributed by atoms with van der Waals surface area (Å²) >= 11 is 0. The molecule has 0 aliphatic carbocycles. The maximum Gasteiger partial charge on any atom is 0.418 e. The minimum atomic E-state index is -4.47. The number of halogens is 3. The van der Waals surface area contributed by atoms with E-state index in [1.54, 1.807) is 0 Å². The highest BCUT2D eigenvalue weighted by molar-refractivity contribution is 5.64. The van der Waals surface area contributed by atoms with Crippen LogP contribution in [-0.4, -0.2) is 10.1 Å². The molecule has 2 aromatic rings. The predicted octanol–water partition coefficient (Wildman–Crippen LogP) is 3.27. The van der Waals surface area contributed by atoms with E-state index in [0.29, 0.717) is 0 Å². The smallest absolute Gasteiger partial charge is 0.418 e. The van der Waals surface area contributed by atoms with Gasteiger partial charge in [0.1, 0.15) is 5.75 Å². The van der Waals surface area contributed by atoms with Crippen LogP contribution in [0.15, 0.2) is 36.5 Å². The SMILES string of the molecule is Oc1[c]ccc(-c2ncccc2C(F)(F)F)c1. The number of aromatic nitrogens is 1. The number of pyridine rings is 1. The van der Waals surface area contributed by atoms with Crippen molar-refractivity contribution in [2.75, 3.05) is 0 Å². The molecule has 5 heteroatoms. The minimum absolute atomic E-state index is 0.203. The van der Waals surface area contributed by atoms with Gasteiger partial charge in [-0.15, -0.1) is 0 Å². The number of aromatic hydroxyl groups is 1. The van der Waals surface area contributed by atoms with Crippen LogP contribution in [0.4, 0.5) is 13.2 Å². The van der Waals surface area contributed by atoms with Gasteiger partial charge < -0.3 is 5.11 Å². The van der Waals surface area contributed by atoms with Crippen LogP contribution in [-0.2, 0) is 6.18 Å². The Hall–Kier alpha value is -2.04. The molecule has 0 aliphatic rings. The molecular formula is C12H7F3NO. The molecule has 1 N–H and O–H groups in total. The standard InChI is InChI=1S/C12H7F3NO/c13-12(14,15)10-5-2-6-16-11(10)8-3-1-4-9(17)7-8/h1-3,5-7,17H. The number of phenolic OH excluding ortho intramolecular Hbond substituents is 1. The molecule has 0 spiro atoms. The van der Waals surface area contributed by atoms with E-state index in [0.717, 1.165) is 6.07 Å². The van der Waals surface area contributed by atoms with E-state index in [2.05, 4.69) is 11.1 Å². The van der Waals surface area contributed by atoms with E-state index in [-0.39, 0.29) is 17.0 Å². The van der Waals surface area contributed by atoms with Gasteiger partial charge in [0.2, 0.25) is 0 Å². The summed E-state index contributed by atoms with van der Waals surface area (Å²) in [5, 5.41) is 9.20. The lowest BCUT2D eigenvalue weighted by molar-refractivity contribution is -0.137. The maximum absolute atomic E-state index is 12.7. The number of rotatable bonds is 1.